The fraction of sp³-hybridized carbons (Fsp3) is 0.167. The van der Waals surface area contributed by atoms with Crippen molar-refractivity contribution in [3.05, 3.63) is 66.9 Å². The van der Waals surface area contributed by atoms with E-state index in [9.17, 15) is 4.57 Å². The molecule has 3 aromatic carbocycles. The van der Waals surface area contributed by atoms with Gasteiger partial charge in [-0.25, -0.2) is 4.98 Å². The molecule has 4 aromatic rings. The second-order valence-corrected chi connectivity index (χ2v) is 9.73. The van der Waals surface area contributed by atoms with Gasteiger partial charge in [0.05, 0.1) is 19.0 Å². The SMILES string of the molecule is CCOP(C)(=O)c1ccc(Nc2nccc(Oc3ccc(N)c4ccccc34)n2)cc1OC. The van der Waals surface area contributed by atoms with Crippen molar-refractivity contribution in [3.8, 4) is 17.4 Å². The summed E-state index contributed by atoms with van der Waals surface area (Å²) in [5.41, 5.74) is 7.43. The maximum atomic E-state index is 12.8. The number of hydrogen-bond donors (Lipinski definition) is 2. The molecule has 170 valence electrons. The van der Waals surface area contributed by atoms with E-state index in [0.717, 1.165) is 10.8 Å². The van der Waals surface area contributed by atoms with Crippen LogP contribution in [0, 0.1) is 0 Å². The molecule has 1 aromatic heterocycles. The van der Waals surface area contributed by atoms with E-state index in [0.29, 0.717) is 46.6 Å². The zero-order valence-electron chi connectivity index (χ0n) is 18.6. The van der Waals surface area contributed by atoms with Crippen LogP contribution in [-0.2, 0) is 9.09 Å². The predicted molar refractivity (Wildman–Crippen MR) is 132 cm³/mol. The number of nitrogens with zero attached hydrogens (tertiary/aromatic N) is 2. The van der Waals surface area contributed by atoms with Crippen molar-refractivity contribution in [2.24, 2.45) is 0 Å². The van der Waals surface area contributed by atoms with Gasteiger partial charge in [0.2, 0.25) is 19.2 Å². The summed E-state index contributed by atoms with van der Waals surface area (Å²) in [6, 6.07) is 18.3. The third-order valence-corrected chi connectivity index (χ3v) is 7.01. The van der Waals surface area contributed by atoms with Crippen LogP contribution in [0.5, 0.6) is 17.4 Å². The van der Waals surface area contributed by atoms with E-state index < -0.39 is 7.37 Å². The summed E-state index contributed by atoms with van der Waals surface area (Å²) in [6.07, 6.45) is 1.60. The van der Waals surface area contributed by atoms with Gasteiger partial charge in [0.25, 0.3) is 0 Å². The van der Waals surface area contributed by atoms with Crippen LogP contribution < -0.4 is 25.8 Å². The molecule has 1 heterocycles. The zero-order valence-corrected chi connectivity index (χ0v) is 19.5. The van der Waals surface area contributed by atoms with Gasteiger partial charge in [-0.05, 0) is 31.2 Å². The van der Waals surface area contributed by atoms with Gasteiger partial charge >= 0.3 is 0 Å². The maximum Gasteiger partial charge on any atom is 0.232 e. The van der Waals surface area contributed by atoms with Crippen LogP contribution in [0.2, 0.25) is 0 Å². The van der Waals surface area contributed by atoms with Gasteiger partial charge in [-0.1, -0.05) is 24.3 Å². The molecular formula is C24H25N4O4P. The average Bonchev–Trinajstić information content (AvgIpc) is 2.81. The number of ether oxygens (including phenoxy) is 2. The van der Waals surface area contributed by atoms with Crippen molar-refractivity contribution in [1.82, 2.24) is 9.97 Å². The normalized spacial score (nSPS) is 12.8. The smallest absolute Gasteiger partial charge is 0.232 e. The Hall–Kier alpha value is -3.61. The van der Waals surface area contributed by atoms with Crippen LogP contribution in [0.4, 0.5) is 17.3 Å². The van der Waals surface area contributed by atoms with Crippen molar-refractivity contribution in [3.63, 3.8) is 0 Å². The summed E-state index contributed by atoms with van der Waals surface area (Å²) in [7, 11) is -1.46. The monoisotopic (exact) mass is 464 g/mol. The number of hydrogen-bond acceptors (Lipinski definition) is 8. The third-order valence-electron chi connectivity index (χ3n) is 5.01. The number of methoxy groups -OCH3 is 1. The number of benzene rings is 3. The molecule has 0 saturated heterocycles. The summed E-state index contributed by atoms with van der Waals surface area (Å²) in [5, 5.41) is 5.45. The first-order valence-electron chi connectivity index (χ1n) is 10.4. The molecule has 8 nitrogen and oxygen atoms in total. The first kappa shape index (κ1) is 22.6. The van der Waals surface area contributed by atoms with Crippen LogP contribution in [0.25, 0.3) is 10.8 Å². The quantitative estimate of drug-likeness (QED) is 0.266. The molecule has 0 radical (unpaired) electrons. The molecular weight excluding hydrogens is 439 g/mol. The minimum Gasteiger partial charge on any atom is -0.496 e. The summed E-state index contributed by atoms with van der Waals surface area (Å²) in [6.45, 7) is 3.73. The summed E-state index contributed by atoms with van der Waals surface area (Å²) < 4.78 is 29.7. The van der Waals surface area contributed by atoms with Crippen LogP contribution in [0.15, 0.2) is 66.9 Å². The molecule has 3 N–H and O–H groups in total. The molecule has 9 heteroatoms. The topological polar surface area (TPSA) is 109 Å². The number of rotatable bonds is 8. The Labute approximate surface area is 192 Å². The second-order valence-electron chi connectivity index (χ2n) is 7.29. The number of aromatic nitrogens is 2. The molecule has 0 spiro atoms. The van der Waals surface area contributed by atoms with Crippen molar-refractivity contribution < 1.29 is 18.6 Å². The minimum atomic E-state index is -2.98. The zero-order chi connectivity index (χ0) is 23.4. The lowest BCUT2D eigenvalue weighted by Gasteiger charge is -2.17. The van der Waals surface area contributed by atoms with Gasteiger partial charge in [0, 0.05) is 47.1 Å². The van der Waals surface area contributed by atoms with Crippen LogP contribution in [0.3, 0.4) is 0 Å². The lowest BCUT2D eigenvalue weighted by atomic mass is 10.1. The Morgan fingerprint density at radius 1 is 1.03 bits per heavy atom. The molecule has 0 aliphatic rings. The van der Waals surface area contributed by atoms with Crippen molar-refractivity contribution in [2.45, 2.75) is 6.92 Å². The number of nitrogens with one attached hydrogen (secondary N) is 1. The maximum absolute atomic E-state index is 12.8. The van der Waals surface area contributed by atoms with Gasteiger partial charge in [-0.15, -0.1) is 0 Å². The molecule has 4 rings (SSSR count). The Morgan fingerprint density at radius 2 is 1.82 bits per heavy atom. The largest absolute Gasteiger partial charge is 0.496 e. The van der Waals surface area contributed by atoms with E-state index in [2.05, 4.69) is 15.3 Å². The standard InChI is InChI=1S/C24H25N4O4P/c1-4-31-33(3,29)22-12-9-16(15-21(22)30-2)27-24-26-14-13-23(28-24)32-20-11-10-19(25)17-7-5-6-8-18(17)20/h5-15H,4,25H2,1-3H3,(H,26,27,28). The molecule has 0 aliphatic carbocycles. The van der Waals surface area contributed by atoms with Crippen LogP contribution >= 0.6 is 7.37 Å². The highest BCUT2D eigenvalue weighted by atomic mass is 31.2. The van der Waals surface area contributed by atoms with E-state index in [1.807, 2.05) is 30.3 Å². The summed E-state index contributed by atoms with van der Waals surface area (Å²) in [5.74, 6) is 1.82. The Bertz CT molecular complexity index is 1350. The predicted octanol–water partition coefficient (Wildman–Crippen LogP) is 5.33. The average molecular weight is 464 g/mol. The second kappa shape index (κ2) is 9.48. The van der Waals surface area contributed by atoms with Gasteiger partial charge < -0.3 is 25.0 Å². The number of nitrogen functional groups attached to an aromatic ring is 1. The molecule has 1 atom stereocenters. The first-order chi connectivity index (χ1) is 15.9. The first-order valence-corrected chi connectivity index (χ1v) is 12.4. The fourth-order valence-corrected chi connectivity index (χ4v) is 5.02. The Balaban J connectivity index is 1.58. The van der Waals surface area contributed by atoms with Gasteiger partial charge in [-0.3, -0.25) is 4.57 Å². The highest BCUT2D eigenvalue weighted by Gasteiger charge is 2.23. The van der Waals surface area contributed by atoms with Gasteiger partial charge in [0.15, 0.2) is 0 Å². The number of fused-ring (bicyclic) bond motifs is 1. The number of nitrogens with two attached hydrogens (primary N) is 1. The van der Waals surface area contributed by atoms with Crippen LogP contribution in [0.1, 0.15) is 6.92 Å². The lowest BCUT2D eigenvalue weighted by molar-refractivity contribution is 0.343. The summed E-state index contributed by atoms with van der Waals surface area (Å²) in [4.78, 5) is 8.72. The van der Waals surface area contributed by atoms with E-state index in [-0.39, 0.29) is 0 Å². The van der Waals surface area contributed by atoms with E-state index >= 15 is 0 Å². The highest BCUT2D eigenvalue weighted by Crippen LogP contribution is 2.44. The van der Waals surface area contributed by atoms with E-state index in [1.54, 1.807) is 50.1 Å². The Morgan fingerprint density at radius 3 is 2.58 bits per heavy atom. The third kappa shape index (κ3) is 4.92. The van der Waals surface area contributed by atoms with Gasteiger partial charge in [0.1, 0.15) is 11.5 Å². The number of anilines is 3. The molecule has 33 heavy (non-hydrogen) atoms. The minimum absolute atomic E-state index is 0.339. The van der Waals surface area contributed by atoms with Gasteiger partial charge in [-0.2, -0.15) is 4.98 Å². The van der Waals surface area contributed by atoms with E-state index in [4.69, 9.17) is 19.7 Å². The van der Waals surface area contributed by atoms with Crippen LogP contribution in [-0.4, -0.2) is 30.3 Å². The molecule has 0 amide bonds. The summed E-state index contributed by atoms with van der Waals surface area (Å²) >= 11 is 0. The lowest BCUT2D eigenvalue weighted by Crippen LogP contribution is -2.11. The van der Waals surface area contributed by atoms with E-state index in [1.165, 1.54) is 7.11 Å². The van der Waals surface area contributed by atoms with Crippen molar-refractivity contribution in [1.29, 1.82) is 0 Å². The molecule has 0 bridgehead atoms. The molecule has 0 saturated carbocycles. The Kier molecular flexibility index (Phi) is 6.49. The molecule has 0 fully saturated rings. The molecule has 0 aliphatic heterocycles. The molecule has 1 unspecified atom stereocenters. The van der Waals surface area contributed by atoms with Crippen molar-refractivity contribution in [2.75, 3.05) is 31.4 Å². The van der Waals surface area contributed by atoms with Crippen molar-refractivity contribution >= 4 is 40.8 Å². The highest BCUT2D eigenvalue weighted by molar-refractivity contribution is 7.66. The fourth-order valence-electron chi connectivity index (χ4n) is 3.49.